The van der Waals surface area contributed by atoms with E-state index in [1.807, 2.05) is 0 Å². The molecule has 3 aromatic rings. The summed E-state index contributed by atoms with van der Waals surface area (Å²) >= 11 is 0. The Bertz CT molecular complexity index is 859. The monoisotopic (exact) mass is 302 g/mol. The first-order valence-electron chi connectivity index (χ1n) is 6.18. The minimum absolute atomic E-state index is 0.0118. The Morgan fingerprint density at radius 1 is 1.00 bits per heavy atom. The first kappa shape index (κ1) is 13.5. The summed E-state index contributed by atoms with van der Waals surface area (Å²) in [5.74, 6) is -0.589. The Morgan fingerprint density at radius 2 is 1.76 bits per heavy atom. The van der Waals surface area contributed by atoms with Crippen molar-refractivity contribution in [3.8, 4) is 11.3 Å². The van der Waals surface area contributed by atoms with E-state index in [0.29, 0.717) is 5.56 Å². The lowest BCUT2D eigenvalue weighted by Crippen LogP contribution is -2.13. The fraction of sp³-hybridized carbons (Fsp3) is 0. The number of nitrogens with zero attached hydrogens (tertiary/aromatic N) is 2. The average molecular weight is 302 g/mol. The normalized spacial score (nSPS) is 11.5. The van der Waals surface area contributed by atoms with E-state index >= 15 is 0 Å². The highest BCUT2D eigenvalue weighted by Gasteiger charge is 2.23. The molecule has 0 unspecified atom stereocenters. The molecule has 0 bridgehead atoms. The molecule has 21 heavy (non-hydrogen) atoms. The van der Waals surface area contributed by atoms with E-state index in [4.69, 9.17) is 0 Å². The third-order valence-corrected chi connectivity index (χ3v) is 4.70. The first-order chi connectivity index (χ1) is 10.1. The molecule has 0 aliphatic heterocycles. The van der Waals surface area contributed by atoms with Gasteiger partial charge in [-0.15, -0.1) is 0 Å². The van der Waals surface area contributed by atoms with E-state index in [1.54, 1.807) is 30.3 Å². The standard InChI is InChI=1S/C15H11FN2O2S/c16-14-8-10-18(15(14)12-5-2-1-3-6-12)21(19,20)13-7-4-9-17-11-13/h1-11H. The van der Waals surface area contributed by atoms with Gasteiger partial charge >= 0.3 is 0 Å². The van der Waals surface area contributed by atoms with Crippen LogP contribution in [-0.2, 0) is 10.0 Å². The molecular weight excluding hydrogens is 291 g/mol. The molecule has 0 N–H and O–H groups in total. The number of halogens is 1. The lowest BCUT2D eigenvalue weighted by atomic mass is 10.1. The van der Waals surface area contributed by atoms with E-state index in [2.05, 4.69) is 4.98 Å². The smallest absolute Gasteiger partial charge is 0.263 e. The minimum atomic E-state index is -3.88. The van der Waals surface area contributed by atoms with Crippen molar-refractivity contribution < 1.29 is 12.8 Å². The predicted molar refractivity (Wildman–Crippen MR) is 76.6 cm³/mol. The van der Waals surface area contributed by atoms with E-state index in [1.165, 1.54) is 30.7 Å². The zero-order valence-corrected chi connectivity index (χ0v) is 11.7. The molecule has 6 heteroatoms. The van der Waals surface area contributed by atoms with Gasteiger partial charge in [0.15, 0.2) is 0 Å². The lowest BCUT2D eigenvalue weighted by Gasteiger charge is -2.10. The van der Waals surface area contributed by atoms with Gasteiger partial charge in [-0.3, -0.25) is 4.98 Å². The third kappa shape index (κ3) is 2.34. The van der Waals surface area contributed by atoms with Gasteiger partial charge in [0.1, 0.15) is 10.7 Å². The summed E-state index contributed by atoms with van der Waals surface area (Å²) in [5, 5.41) is 0. The van der Waals surface area contributed by atoms with Crippen LogP contribution in [-0.4, -0.2) is 17.4 Å². The second-order valence-electron chi connectivity index (χ2n) is 4.37. The Balaban J connectivity index is 2.22. The molecular formula is C15H11FN2O2S. The van der Waals surface area contributed by atoms with Crippen molar-refractivity contribution in [2.24, 2.45) is 0 Å². The Morgan fingerprint density at radius 3 is 2.43 bits per heavy atom. The number of pyridine rings is 1. The number of hydrogen-bond donors (Lipinski definition) is 0. The molecule has 1 aromatic carbocycles. The molecule has 4 nitrogen and oxygen atoms in total. The van der Waals surface area contributed by atoms with Gasteiger partial charge in [0.25, 0.3) is 10.0 Å². The van der Waals surface area contributed by atoms with Crippen LogP contribution in [0.3, 0.4) is 0 Å². The van der Waals surface area contributed by atoms with Gasteiger partial charge < -0.3 is 0 Å². The highest BCUT2D eigenvalue weighted by molar-refractivity contribution is 7.90. The van der Waals surface area contributed by atoms with Crippen molar-refractivity contribution in [2.75, 3.05) is 0 Å². The summed E-state index contributed by atoms with van der Waals surface area (Å²) < 4.78 is 40.2. The topological polar surface area (TPSA) is 52.0 Å². The van der Waals surface area contributed by atoms with Crippen LogP contribution in [0.25, 0.3) is 11.3 Å². The van der Waals surface area contributed by atoms with Crippen LogP contribution in [0.1, 0.15) is 0 Å². The van der Waals surface area contributed by atoms with Crippen LogP contribution in [0.2, 0.25) is 0 Å². The van der Waals surface area contributed by atoms with E-state index in [-0.39, 0.29) is 10.6 Å². The van der Waals surface area contributed by atoms with Crippen molar-refractivity contribution >= 4 is 10.0 Å². The summed E-state index contributed by atoms with van der Waals surface area (Å²) in [4.78, 5) is 3.81. The largest absolute Gasteiger partial charge is 0.269 e. The van der Waals surface area contributed by atoms with Gasteiger partial charge in [-0.2, -0.15) is 0 Å². The second kappa shape index (κ2) is 5.14. The second-order valence-corrected chi connectivity index (χ2v) is 6.18. The SMILES string of the molecule is O=S(=O)(c1cccnc1)n1ccc(F)c1-c1ccccc1. The van der Waals surface area contributed by atoms with Crippen LogP contribution in [0.5, 0.6) is 0 Å². The maximum Gasteiger partial charge on any atom is 0.269 e. The van der Waals surface area contributed by atoms with Gasteiger partial charge in [0, 0.05) is 24.2 Å². The summed E-state index contributed by atoms with van der Waals surface area (Å²) in [6.07, 6.45) is 3.93. The van der Waals surface area contributed by atoms with Crippen molar-refractivity contribution in [2.45, 2.75) is 4.90 Å². The molecule has 0 spiro atoms. The van der Waals surface area contributed by atoms with Crippen LogP contribution in [0.15, 0.2) is 72.0 Å². The molecule has 0 aliphatic carbocycles. The first-order valence-corrected chi connectivity index (χ1v) is 7.62. The van der Waals surface area contributed by atoms with E-state index < -0.39 is 15.8 Å². The Hall–Kier alpha value is -2.47. The molecule has 0 saturated heterocycles. The predicted octanol–water partition coefficient (Wildman–Crippen LogP) is 2.93. The molecule has 0 fully saturated rings. The minimum Gasteiger partial charge on any atom is -0.263 e. The van der Waals surface area contributed by atoms with Crippen LogP contribution < -0.4 is 0 Å². The van der Waals surface area contributed by atoms with E-state index in [9.17, 15) is 12.8 Å². The maximum absolute atomic E-state index is 14.0. The molecule has 0 atom stereocenters. The summed E-state index contributed by atoms with van der Waals surface area (Å²) in [5.41, 5.74) is 0.506. The highest BCUT2D eigenvalue weighted by Crippen LogP contribution is 2.27. The maximum atomic E-state index is 14.0. The fourth-order valence-corrected chi connectivity index (χ4v) is 3.39. The molecule has 0 amide bonds. The lowest BCUT2D eigenvalue weighted by molar-refractivity contribution is 0.585. The molecule has 0 aliphatic rings. The highest BCUT2D eigenvalue weighted by atomic mass is 32.2. The molecule has 2 aromatic heterocycles. The quantitative estimate of drug-likeness (QED) is 0.747. The number of aromatic nitrogens is 2. The van der Waals surface area contributed by atoms with E-state index in [0.717, 1.165) is 10.0 Å². The number of benzene rings is 1. The molecule has 0 radical (unpaired) electrons. The van der Waals surface area contributed by atoms with Crippen molar-refractivity contribution in [3.63, 3.8) is 0 Å². The van der Waals surface area contributed by atoms with Gasteiger partial charge in [0.2, 0.25) is 0 Å². The van der Waals surface area contributed by atoms with Crippen LogP contribution in [0.4, 0.5) is 4.39 Å². The van der Waals surface area contributed by atoms with Crippen LogP contribution in [0, 0.1) is 5.82 Å². The van der Waals surface area contributed by atoms with Crippen molar-refractivity contribution in [1.82, 2.24) is 8.96 Å². The fourth-order valence-electron chi connectivity index (χ4n) is 2.07. The third-order valence-electron chi connectivity index (χ3n) is 3.04. The Labute approximate surface area is 121 Å². The van der Waals surface area contributed by atoms with Gasteiger partial charge in [-0.05, 0) is 18.2 Å². The number of rotatable bonds is 3. The summed E-state index contributed by atoms with van der Waals surface area (Å²) in [6, 6.07) is 12.6. The van der Waals surface area contributed by atoms with Gasteiger partial charge in [-0.25, -0.2) is 16.8 Å². The van der Waals surface area contributed by atoms with Crippen molar-refractivity contribution in [1.29, 1.82) is 0 Å². The Kier molecular flexibility index (Phi) is 3.31. The molecule has 3 rings (SSSR count). The molecule has 0 saturated carbocycles. The average Bonchev–Trinajstić information content (AvgIpc) is 2.91. The molecule has 2 heterocycles. The summed E-state index contributed by atoms with van der Waals surface area (Å²) in [6.45, 7) is 0. The van der Waals surface area contributed by atoms with Crippen LogP contribution >= 0.6 is 0 Å². The zero-order chi connectivity index (χ0) is 14.9. The van der Waals surface area contributed by atoms with Gasteiger partial charge in [0.05, 0.1) is 5.69 Å². The van der Waals surface area contributed by atoms with Crippen molar-refractivity contribution in [3.05, 3.63) is 72.9 Å². The summed E-state index contributed by atoms with van der Waals surface area (Å²) in [7, 11) is -3.88. The number of hydrogen-bond acceptors (Lipinski definition) is 3. The van der Waals surface area contributed by atoms with Gasteiger partial charge in [-0.1, -0.05) is 30.3 Å². The zero-order valence-electron chi connectivity index (χ0n) is 10.8. The molecule has 106 valence electrons.